The molecule has 0 saturated carbocycles. The number of nitrogens with one attached hydrogen (secondary N) is 1. The van der Waals surface area contributed by atoms with E-state index in [1.165, 1.54) is 17.4 Å². The summed E-state index contributed by atoms with van der Waals surface area (Å²) in [4.78, 5) is 20.4. The normalized spacial score (nSPS) is 22.5. The van der Waals surface area contributed by atoms with Gasteiger partial charge in [0.05, 0.1) is 24.3 Å². The van der Waals surface area contributed by atoms with Crippen molar-refractivity contribution in [2.24, 2.45) is 0 Å². The maximum Gasteiger partial charge on any atom is 0.257 e. The number of benzene rings is 1. The monoisotopic (exact) mass is 539 g/mol. The number of thiophene rings is 1. The maximum atomic E-state index is 14.4. The molecular formula is C21H19FIN3O3S. The first kappa shape index (κ1) is 20.1. The molecule has 2 unspecified atom stereocenters. The molecule has 0 spiro atoms. The lowest BCUT2D eigenvalue weighted by atomic mass is 10.1. The van der Waals surface area contributed by atoms with Crippen molar-refractivity contribution in [1.82, 2.24) is 9.88 Å². The molecule has 0 radical (unpaired) electrons. The van der Waals surface area contributed by atoms with Gasteiger partial charge in [-0.15, -0.1) is 0 Å². The minimum Gasteiger partial charge on any atom is -0.344 e. The highest BCUT2D eigenvalue weighted by Crippen LogP contribution is 2.39. The van der Waals surface area contributed by atoms with Gasteiger partial charge in [0, 0.05) is 15.2 Å². The third-order valence-electron chi connectivity index (χ3n) is 5.23. The van der Waals surface area contributed by atoms with Crippen molar-refractivity contribution < 1.29 is 18.7 Å². The molecule has 1 aromatic carbocycles. The van der Waals surface area contributed by atoms with Gasteiger partial charge in [-0.2, -0.15) is 0 Å². The molecule has 30 heavy (non-hydrogen) atoms. The Morgan fingerprint density at radius 1 is 1.30 bits per heavy atom. The molecule has 2 aromatic heterocycles. The minimum absolute atomic E-state index is 0.137. The molecule has 4 heterocycles. The van der Waals surface area contributed by atoms with Gasteiger partial charge in [-0.25, -0.2) is 9.37 Å². The average Bonchev–Trinajstić information content (AvgIpc) is 3.31. The van der Waals surface area contributed by atoms with Gasteiger partial charge in [0.1, 0.15) is 27.9 Å². The number of hydrogen-bond acceptors (Lipinski definition) is 6. The number of aromatic nitrogens is 1. The van der Waals surface area contributed by atoms with Crippen molar-refractivity contribution in [2.45, 2.75) is 31.8 Å². The van der Waals surface area contributed by atoms with Crippen molar-refractivity contribution in [3.8, 4) is 0 Å². The van der Waals surface area contributed by atoms with Crippen LogP contribution in [0.25, 0.3) is 10.2 Å². The van der Waals surface area contributed by atoms with Gasteiger partial charge in [-0.3, -0.25) is 4.79 Å². The van der Waals surface area contributed by atoms with Crippen LogP contribution in [-0.4, -0.2) is 46.9 Å². The summed E-state index contributed by atoms with van der Waals surface area (Å²) >= 11 is 3.40. The van der Waals surface area contributed by atoms with Crippen LogP contribution in [0.5, 0.6) is 0 Å². The van der Waals surface area contributed by atoms with Crippen LogP contribution in [0.3, 0.4) is 0 Å². The lowest BCUT2D eigenvalue weighted by Crippen LogP contribution is -2.34. The first-order valence-electron chi connectivity index (χ1n) is 9.55. The van der Waals surface area contributed by atoms with Crippen molar-refractivity contribution in [3.05, 3.63) is 51.5 Å². The van der Waals surface area contributed by atoms with E-state index in [4.69, 9.17) is 9.47 Å². The van der Waals surface area contributed by atoms with E-state index in [0.29, 0.717) is 29.3 Å². The third-order valence-corrected chi connectivity index (χ3v) is 6.93. The van der Waals surface area contributed by atoms with Gasteiger partial charge in [0.25, 0.3) is 5.91 Å². The summed E-state index contributed by atoms with van der Waals surface area (Å²) in [5.74, 6) is -1.13. The Balaban J connectivity index is 1.49. The van der Waals surface area contributed by atoms with E-state index in [0.717, 1.165) is 13.8 Å². The Hall–Kier alpha value is -1.82. The summed E-state index contributed by atoms with van der Waals surface area (Å²) in [6.07, 6.45) is 1.40. The van der Waals surface area contributed by atoms with E-state index in [9.17, 15) is 9.18 Å². The number of ether oxygens (including phenoxy) is 2. The highest BCUT2D eigenvalue weighted by molar-refractivity contribution is 14.1. The van der Waals surface area contributed by atoms with Crippen LogP contribution in [0.4, 0.5) is 15.1 Å². The third kappa shape index (κ3) is 3.57. The predicted octanol–water partition coefficient (Wildman–Crippen LogP) is 4.76. The molecule has 2 saturated heterocycles. The number of carbonyl (C=O) groups excluding carboxylic acids is 1. The van der Waals surface area contributed by atoms with E-state index in [1.807, 2.05) is 26.0 Å². The number of halogens is 2. The van der Waals surface area contributed by atoms with Crippen molar-refractivity contribution in [3.63, 3.8) is 0 Å². The average molecular weight is 539 g/mol. The van der Waals surface area contributed by atoms with Crippen LogP contribution in [0.2, 0.25) is 0 Å². The van der Waals surface area contributed by atoms with Gasteiger partial charge < -0.3 is 19.7 Å². The van der Waals surface area contributed by atoms with Gasteiger partial charge >= 0.3 is 0 Å². The van der Waals surface area contributed by atoms with Crippen LogP contribution in [-0.2, 0) is 9.47 Å². The van der Waals surface area contributed by atoms with Gasteiger partial charge in [-0.1, -0.05) is 11.3 Å². The van der Waals surface area contributed by atoms with E-state index in [-0.39, 0.29) is 23.9 Å². The number of nitrogens with zero attached hydrogens (tertiary/aromatic N) is 2. The topological polar surface area (TPSA) is 63.7 Å². The Bertz CT molecular complexity index is 1140. The summed E-state index contributed by atoms with van der Waals surface area (Å²) in [6.45, 7) is 4.68. The number of hydrogen-bond donors (Lipinski definition) is 1. The molecule has 1 N–H and O–H groups in total. The van der Waals surface area contributed by atoms with Crippen LogP contribution < -0.4 is 5.32 Å². The zero-order valence-corrected chi connectivity index (χ0v) is 19.3. The Morgan fingerprint density at radius 2 is 2.03 bits per heavy atom. The van der Waals surface area contributed by atoms with E-state index >= 15 is 0 Å². The fourth-order valence-electron chi connectivity index (χ4n) is 4.00. The number of anilines is 2. The fourth-order valence-corrected chi connectivity index (χ4v) is 5.50. The predicted molar refractivity (Wildman–Crippen MR) is 122 cm³/mol. The lowest BCUT2D eigenvalue weighted by Gasteiger charge is -2.23. The summed E-state index contributed by atoms with van der Waals surface area (Å²) in [7, 11) is 0. The number of amides is 1. The van der Waals surface area contributed by atoms with Crippen LogP contribution in [0.15, 0.2) is 36.5 Å². The van der Waals surface area contributed by atoms with Crippen LogP contribution >= 0.6 is 33.9 Å². The number of fused-ring (bicyclic) bond motifs is 2. The summed E-state index contributed by atoms with van der Waals surface area (Å²) in [5.41, 5.74) is 0.822. The summed E-state index contributed by atoms with van der Waals surface area (Å²) < 4.78 is 27.1. The molecule has 0 bridgehead atoms. The molecule has 2 aliphatic rings. The fraction of sp³-hybridized carbons (Fsp3) is 0.333. The molecule has 2 aliphatic heterocycles. The molecule has 2 fully saturated rings. The van der Waals surface area contributed by atoms with Crippen molar-refractivity contribution in [1.29, 1.82) is 0 Å². The Kier molecular flexibility index (Phi) is 4.96. The smallest absolute Gasteiger partial charge is 0.257 e. The van der Waals surface area contributed by atoms with E-state index < -0.39 is 5.79 Å². The van der Waals surface area contributed by atoms with Gasteiger partial charge in [0.15, 0.2) is 5.79 Å². The number of likely N-dealkylation sites (tertiary alicyclic amines) is 1. The van der Waals surface area contributed by atoms with Crippen LogP contribution in [0, 0.1) is 9.39 Å². The molecule has 9 heteroatoms. The van der Waals surface area contributed by atoms with Gasteiger partial charge in [-0.05, 0) is 66.8 Å². The Morgan fingerprint density at radius 3 is 2.73 bits per heavy atom. The van der Waals surface area contributed by atoms with Crippen molar-refractivity contribution >= 4 is 60.7 Å². The molecule has 156 valence electrons. The van der Waals surface area contributed by atoms with Gasteiger partial charge in [0.2, 0.25) is 0 Å². The van der Waals surface area contributed by atoms with Crippen LogP contribution in [0.1, 0.15) is 24.2 Å². The highest BCUT2D eigenvalue weighted by Gasteiger charge is 2.48. The second-order valence-corrected chi connectivity index (χ2v) is 10.1. The van der Waals surface area contributed by atoms with E-state index in [1.54, 1.807) is 23.2 Å². The molecular weight excluding hydrogens is 520 g/mol. The lowest BCUT2D eigenvalue weighted by molar-refractivity contribution is -0.153. The zero-order valence-electron chi connectivity index (χ0n) is 16.3. The summed E-state index contributed by atoms with van der Waals surface area (Å²) in [6, 6.07) is 8.61. The SMILES string of the molecule is CC1(C)OC2CN(C(=O)c3c(Nc4ccc(I)cc4F)sc4ncccc34)CC2O1. The van der Waals surface area contributed by atoms with E-state index in [2.05, 4.69) is 32.9 Å². The number of rotatable bonds is 3. The number of pyridine rings is 1. The molecule has 1 amide bonds. The highest BCUT2D eigenvalue weighted by atomic mass is 127. The quantitative estimate of drug-likeness (QED) is 0.487. The standard InChI is InChI=1S/C21H19FIN3O3S/c1-21(2)28-15-9-26(10-16(15)29-21)20(27)17-12-4-3-7-24-18(12)30-19(17)25-14-6-5-11(23)8-13(14)22/h3-8,15-16,25H,9-10H2,1-2H3. The first-order valence-corrected chi connectivity index (χ1v) is 11.4. The first-order chi connectivity index (χ1) is 14.3. The second kappa shape index (κ2) is 7.40. The molecule has 5 rings (SSSR count). The summed E-state index contributed by atoms with van der Waals surface area (Å²) in [5, 5.41) is 4.44. The van der Waals surface area contributed by atoms with Crippen molar-refractivity contribution in [2.75, 3.05) is 18.4 Å². The minimum atomic E-state index is -0.626. The molecule has 2 atom stereocenters. The largest absolute Gasteiger partial charge is 0.344 e. The second-order valence-electron chi connectivity index (χ2n) is 7.83. The molecule has 0 aliphatic carbocycles. The molecule has 6 nitrogen and oxygen atoms in total. The Labute approximate surface area is 190 Å². The zero-order chi connectivity index (χ0) is 21.0. The molecule has 3 aromatic rings. The number of carbonyl (C=O) groups is 1. The maximum absolute atomic E-state index is 14.4.